The molecule has 6 nitrogen and oxygen atoms in total. The Kier molecular flexibility index (Phi) is 10.0. The summed E-state index contributed by atoms with van der Waals surface area (Å²) in [6.07, 6.45) is 0. The number of rotatable bonds is 10. The van der Waals surface area contributed by atoms with Gasteiger partial charge in [-0.1, -0.05) is 72.8 Å². The summed E-state index contributed by atoms with van der Waals surface area (Å²) in [5.74, 6) is -0.310. The predicted octanol–water partition coefficient (Wildman–Crippen LogP) is 8.04. The van der Waals surface area contributed by atoms with Crippen molar-refractivity contribution in [1.82, 2.24) is 0 Å². The molecule has 0 aromatic heterocycles. The van der Waals surface area contributed by atoms with Crippen molar-refractivity contribution in [2.75, 3.05) is 5.32 Å². The number of nitrogens with one attached hydrogen (secondary N) is 1. The third-order valence-electron chi connectivity index (χ3n) is 6.09. The van der Waals surface area contributed by atoms with Crippen molar-refractivity contribution in [1.29, 1.82) is 0 Å². The first-order valence-electron chi connectivity index (χ1n) is 13.4. The lowest BCUT2D eigenvalue weighted by Gasteiger charge is -2.24. The number of benzene rings is 4. The van der Waals surface area contributed by atoms with Crippen LogP contribution in [0.25, 0.3) is 11.1 Å². The quantitative estimate of drug-likeness (QED) is 0.137. The minimum Gasteiger partial charge on any atom is -0.488 e. The Balaban J connectivity index is 1.67. The minimum absolute atomic E-state index is 0.162. The fourth-order valence-electron chi connectivity index (χ4n) is 4.17. The molecule has 0 heterocycles. The van der Waals surface area contributed by atoms with Gasteiger partial charge in [0.2, 0.25) is 0 Å². The molecular weight excluding hydrogens is 629 g/mol. The lowest BCUT2D eigenvalue weighted by atomic mass is 9.96. The summed E-state index contributed by atoms with van der Waals surface area (Å²) in [6, 6.07) is 30.0. The van der Waals surface area contributed by atoms with Crippen LogP contribution in [0.2, 0.25) is 0 Å². The first-order valence-corrected chi connectivity index (χ1v) is 14.5. The highest BCUT2D eigenvalue weighted by molar-refractivity contribution is 14.1. The predicted molar refractivity (Wildman–Crippen MR) is 170 cm³/mol. The van der Waals surface area contributed by atoms with Crippen molar-refractivity contribution in [2.45, 2.75) is 52.6 Å². The number of hydrogen-bond acceptors (Lipinski definition) is 6. The Morgan fingerprint density at radius 2 is 1.44 bits per heavy atom. The smallest absolute Gasteiger partial charge is 0.341 e. The Morgan fingerprint density at radius 1 is 0.805 bits per heavy atom. The number of hydrogen-bond donors (Lipinski definition) is 1. The largest absolute Gasteiger partial charge is 0.488 e. The van der Waals surface area contributed by atoms with Crippen molar-refractivity contribution in [2.24, 2.45) is 0 Å². The van der Waals surface area contributed by atoms with Gasteiger partial charge in [-0.15, -0.1) is 0 Å². The number of ether oxygens (including phenoxy) is 3. The summed E-state index contributed by atoms with van der Waals surface area (Å²) in [5, 5.41) is 3.20. The molecule has 4 aromatic rings. The van der Waals surface area contributed by atoms with Gasteiger partial charge in [0.25, 0.3) is 0 Å². The molecule has 0 spiro atoms. The number of carbonyl (C=O) groups excluding carboxylic acids is 2. The van der Waals surface area contributed by atoms with Crippen LogP contribution in [0.5, 0.6) is 5.75 Å². The van der Waals surface area contributed by atoms with Gasteiger partial charge in [-0.2, -0.15) is 0 Å². The summed E-state index contributed by atoms with van der Waals surface area (Å²) in [4.78, 5) is 26.6. The van der Waals surface area contributed by atoms with Crippen LogP contribution in [0.15, 0.2) is 97.1 Å². The van der Waals surface area contributed by atoms with Gasteiger partial charge in [0.1, 0.15) is 30.6 Å². The van der Waals surface area contributed by atoms with Gasteiger partial charge in [0.15, 0.2) is 0 Å². The van der Waals surface area contributed by atoms with E-state index in [2.05, 4.69) is 27.9 Å². The van der Waals surface area contributed by atoms with E-state index in [0.29, 0.717) is 29.2 Å². The third kappa shape index (κ3) is 8.57. The molecule has 0 saturated heterocycles. The summed E-state index contributed by atoms with van der Waals surface area (Å²) < 4.78 is 18.6. The molecule has 0 saturated carbocycles. The highest BCUT2D eigenvalue weighted by Gasteiger charge is 2.27. The molecule has 41 heavy (non-hydrogen) atoms. The Bertz CT molecular complexity index is 1480. The van der Waals surface area contributed by atoms with E-state index in [4.69, 9.17) is 14.2 Å². The average Bonchev–Trinajstić information content (AvgIpc) is 2.95. The van der Waals surface area contributed by atoms with E-state index in [1.165, 1.54) is 0 Å². The molecule has 0 aliphatic heterocycles. The number of anilines is 1. The van der Waals surface area contributed by atoms with Crippen molar-refractivity contribution in [3.05, 3.63) is 117 Å². The standard InChI is InChI=1S/C34H34INO5/c1-23(32(37)40-22-25-14-9-6-10-15-25)36-29-17-11-16-27(31(29)33(38)41-34(2,3)4)28-20-26(35)18-19-30(28)39-21-24-12-7-5-8-13-24/h5-20,23,36H,21-22H2,1-4H3/t23-/m0/s1. The second-order valence-electron chi connectivity index (χ2n) is 10.6. The first-order chi connectivity index (χ1) is 19.6. The van der Waals surface area contributed by atoms with E-state index in [1.54, 1.807) is 13.0 Å². The summed E-state index contributed by atoms with van der Waals surface area (Å²) in [5.41, 5.74) is 3.37. The zero-order valence-electron chi connectivity index (χ0n) is 23.6. The molecule has 0 aliphatic carbocycles. The van der Waals surface area contributed by atoms with Gasteiger partial charge in [-0.3, -0.25) is 0 Å². The molecule has 0 unspecified atom stereocenters. The molecule has 1 atom stereocenters. The van der Waals surface area contributed by atoms with Crippen LogP contribution in [-0.4, -0.2) is 23.6 Å². The molecule has 4 rings (SSSR count). The molecule has 0 aliphatic rings. The monoisotopic (exact) mass is 663 g/mol. The molecule has 212 valence electrons. The first kappa shape index (κ1) is 30.1. The zero-order valence-corrected chi connectivity index (χ0v) is 25.8. The second-order valence-corrected chi connectivity index (χ2v) is 11.8. The Labute approximate surface area is 255 Å². The van der Waals surface area contributed by atoms with E-state index < -0.39 is 23.6 Å². The van der Waals surface area contributed by atoms with Gasteiger partial charge in [-0.25, -0.2) is 9.59 Å². The fraction of sp³-hybridized carbons (Fsp3) is 0.235. The van der Waals surface area contributed by atoms with Gasteiger partial charge in [0.05, 0.1) is 11.3 Å². The maximum atomic E-state index is 13.7. The van der Waals surface area contributed by atoms with Crippen molar-refractivity contribution >= 4 is 40.2 Å². The van der Waals surface area contributed by atoms with E-state index in [-0.39, 0.29) is 6.61 Å². The summed E-state index contributed by atoms with van der Waals surface area (Å²) in [6.45, 7) is 7.71. The normalized spacial score (nSPS) is 11.8. The Hall–Kier alpha value is -3.85. The van der Waals surface area contributed by atoms with Crippen LogP contribution in [0.1, 0.15) is 49.2 Å². The van der Waals surface area contributed by atoms with Crippen LogP contribution < -0.4 is 10.1 Å². The number of carbonyl (C=O) groups is 2. The van der Waals surface area contributed by atoms with Gasteiger partial charge in [-0.05, 0) is 85.7 Å². The minimum atomic E-state index is -0.723. The molecule has 0 fully saturated rings. The lowest BCUT2D eigenvalue weighted by molar-refractivity contribution is -0.145. The number of esters is 2. The topological polar surface area (TPSA) is 73.9 Å². The molecular formula is C34H34INO5. The van der Waals surface area contributed by atoms with Crippen LogP contribution in [0.3, 0.4) is 0 Å². The number of halogens is 1. The van der Waals surface area contributed by atoms with Gasteiger partial charge in [0, 0.05) is 14.7 Å². The van der Waals surface area contributed by atoms with Crippen LogP contribution in [0, 0.1) is 3.57 Å². The highest BCUT2D eigenvalue weighted by Crippen LogP contribution is 2.38. The van der Waals surface area contributed by atoms with Crippen molar-refractivity contribution in [3.63, 3.8) is 0 Å². The Morgan fingerprint density at radius 3 is 2.07 bits per heavy atom. The van der Waals surface area contributed by atoms with Crippen LogP contribution >= 0.6 is 22.6 Å². The highest BCUT2D eigenvalue weighted by atomic mass is 127. The molecule has 1 N–H and O–H groups in total. The molecule has 0 amide bonds. The third-order valence-corrected chi connectivity index (χ3v) is 6.76. The molecule has 0 radical (unpaired) electrons. The SMILES string of the molecule is C[C@H](Nc1cccc(-c2cc(I)ccc2OCc2ccccc2)c1C(=O)OC(C)(C)C)C(=O)OCc1ccccc1. The zero-order chi connectivity index (χ0) is 29.4. The molecule has 4 aromatic carbocycles. The maximum absolute atomic E-state index is 13.7. The maximum Gasteiger partial charge on any atom is 0.341 e. The van der Waals surface area contributed by atoms with Gasteiger partial charge >= 0.3 is 11.9 Å². The van der Waals surface area contributed by atoms with Gasteiger partial charge < -0.3 is 19.5 Å². The van der Waals surface area contributed by atoms with Crippen LogP contribution in [-0.2, 0) is 27.5 Å². The molecule has 7 heteroatoms. The average molecular weight is 664 g/mol. The summed E-state index contributed by atoms with van der Waals surface area (Å²) >= 11 is 2.24. The van der Waals surface area contributed by atoms with E-state index in [0.717, 1.165) is 20.3 Å². The van der Waals surface area contributed by atoms with E-state index in [9.17, 15) is 9.59 Å². The van der Waals surface area contributed by atoms with E-state index >= 15 is 0 Å². The second kappa shape index (κ2) is 13.7. The van der Waals surface area contributed by atoms with Crippen LogP contribution in [0.4, 0.5) is 5.69 Å². The fourth-order valence-corrected chi connectivity index (χ4v) is 4.66. The summed E-state index contributed by atoms with van der Waals surface area (Å²) in [7, 11) is 0. The molecule has 0 bridgehead atoms. The lowest BCUT2D eigenvalue weighted by Crippen LogP contribution is -2.30. The van der Waals surface area contributed by atoms with E-state index in [1.807, 2.05) is 112 Å². The van der Waals surface area contributed by atoms with Crippen molar-refractivity contribution in [3.8, 4) is 16.9 Å². The van der Waals surface area contributed by atoms with Crippen molar-refractivity contribution < 1.29 is 23.8 Å².